The highest BCUT2D eigenvalue weighted by molar-refractivity contribution is 5.89. The number of nitriles is 1. The van der Waals surface area contributed by atoms with Gasteiger partial charge in [-0.25, -0.2) is 9.18 Å². The van der Waals surface area contributed by atoms with E-state index in [0.717, 1.165) is 11.6 Å². The molecule has 0 unspecified atom stereocenters. The number of benzene rings is 2. The normalized spacial score (nSPS) is 9.80. The highest BCUT2D eigenvalue weighted by Crippen LogP contribution is 2.16. The van der Waals surface area contributed by atoms with Crippen molar-refractivity contribution in [3.05, 3.63) is 65.0 Å². The summed E-state index contributed by atoms with van der Waals surface area (Å²) in [6.45, 7) is 0.356. The number of rotatable bonds is 4. The third kappa shape index (κ3) is 2.93. The van der Waals surface area contributed by atoms with Gasteiger partial charge >= 0.3 is 5.97 Å². The van der Waals surface area contributed by atoms with Crippen molar-refractivity contribution in [2.45, 2.75) is 6.54 Å². The first-order valence-electron chi connectivity index (χ1n) is 5.86. The molecule has 0 fully saturated rings. The lowest BCUT2D eigenvalue weighted by molar-refractivity contribution is 0.0692. The third-order valence-corrected chi connectivity index (χ3v) is 2.82. The van der Waals surface area contributed by atoms with Crippen molar-refractivity contribution in [2.24, 2.45) is 0 Å². The fourth-order valence-electron chi connectivity index (χ4n) is 1.78. The Kier molecular flexibility index (Phi) is 3.96. The van der Waals surface area contributed by atoms with Crippen LogP contribution < -0.4 is 5.32 Å². The Hall–Kier alpha value is -2.87. The van der Waals surface area contributed by atoms with E-state index < -0.39 is 11.8 Å². The van der Waals surface area contributed by atoms with Gasteiger partial charge in [0.25, 0.3) is 0 Å². The minimum atomic E-state index is -1.32. The summed E-state index contributed by atoms with van der Waals surface area (Å²) in [4.78, 5) is 10.8. The van der Waals surface area contributed by atoms with Crippen molar-refractivity contribution >= 4 is 11.7 Å². The predicted molar refractivity (Wildman–Crippen MR) is 71.8 cm³/mol. The second kappa shape index (κ2) is 5.85. The number of aromatic carboxylic acids is 1. The van der Waals surface area contributed by atoms with Gasteiger partial charge in [0.15, 0.2) is 0 Å². The van der Waals surface area contributed by atoms with Crippen molar-refractivity contribution in [3.8, 4) is 6.07 Å². The van der Waals surface area contributed by atoms with Gasteiger partial charge in [-0.05, 0) is 29.8 Å². The summed E-state index contributed by atoms with van der Waals surface area (Å²) in [6.07, 6.45) is 0. The van der Waals surface area contributed by atoms with Crippen molar-refractivity contribution in [3.63, 3.8) is 0 Å². The molecule has 0 aliphatic carbocycles. The Bertz CT molecular complexity index is 693. The van der Waals surface area contributed by atoms with E-state index in [1.54, 1.807) is 18.2 Å². The van der Waals surface area contributed by atoms with Gasteiger partial charge in [0.1, 0.15) is 5.82 Å². The van der Waals surface area contributed by atoms with Crippen molar-refractivity contribution in [1.29, 1.82) is 5.26 Å². The Morgan fingerprint density at radius 3 is 2.75 bits per heavy atom. The summed E-state index contributed by atoms with van der Waals surface area (Å²) in [7, 11) is 0. The first kappa shape index (κ1) is 13.6. The summed E-state index contributed by atoms with van der Waals surface area (Å²) in [5.41, 5.74) is 1.43. The first-order chi connectivity index (χ1) is 9.61. The lowest BCUT2D eigenvalue weighted by atomic mass is 10.1. The molecule has 0 aromatic heterocycles. The number of carboxylic acids is 1. The maximum atomic E-state index is 13.3. The third-order valence-electron chi connectivity index (χ3n) is 2.82. The Morgan fingerprint density at radius 1 is 1.30 bits per heavy atom. The van der Waals surface area contributed by atoms with Crippen molar-refractivity contribution < 1.29 is 14.3 Å². The molecule has 2 rings (SSSR count). The topological polar surface area (TPSA) is 73.1 Å². The molecule has 0 heterocycles. The van der Waals surface area contributed by atoms with Crippen LogP contribution in [-0.2, 0) is 6.54 Å². The highest BCUT2D eigenvalue weighted by atomic mass is 19.1. The maximum Gasteiger partial charge on any atom is 0.338 e. The molecule has 0 bridgehead atoms. The largest absolute Gasteiger partial charge is 0.478 e. The van der Waals surface area contributed by atoms with Gasteiger partial charge in [-0.3, -0.25) is 0 Å². The van der Waals surface area contributed by atoms with Gasteiger partial charge in [0.2, 0.25) is 0 Å². The van der Waals surface area contributed by atoms with E-state index in [1.807, 2.05) is 6.07 Å². The average Bonchev–Trinajstić information content (AvgIpc) is 2.46. The molecular weight excluding hydrogens is 259 g/mol. The smallest absolute Gasteiger partial charge is 0.338 e. The van der Waals surface area contributed by atoms with Gasteiger partial charge in [0, 0.05) is 12.2 Å². The van der Waals surface area contributed by atoms with Crippen LogP contribution in [0.3, 0.4) is 0 Å². The summed E-state index contributed by atoms with van der Waals surface area (Å²) >= 11 is 0. The van der Waals surface area contributed by atoms with Crippen LogP contribution in [0.4, 0.5) is 10.1 Å². The highest BCUT2D eigenvalue weighted by Gasteiger charge is 2.10. The fraction of sp³-hybridized carbons (Fsp3) is 0.0667. The van der Waals surface area contributed by atoms with E-state index in [0.29, 0.717) is 17.8 Å². The van der Waals surface area contributed by atoms with Gasteiger partial charge < -0.3 is 10.4 Å². The molecule has 100 valence electrons. The first-order valence-corrected chi connectivity index (χ1v) is 5.86. The zero-order chi connectivity index (χ0) is 14.5. The molecule has 0 saturated heterocycles. The van der Waals surface area contributed by atoms with Crippen LogP contribution in [-0.4, -0.2) is 11.1 Å². The minimum Gasteiger partial charge on any atom is -0.478 e. The minimum absolute atomic E-state index is 0.356. The summed E-state index contributed by atoms with van der Waals surface area (Å²) in [5, 5.41) is 20.8. The van der Waals surface area contributed by atoms with Gasteiger partial charge in [-0.15, -0.1) is 0 Å². The molecule has 0 aliphatic heterocycles. The number of hydrogen-bond acceptors (Lipinski definition) is 3. The van der Waals surface area contributed by atoms with Crippen LogP contribution in [0.15, 0.2) is 42.5 Å². The lowest BCUT2D eigenvalue weighted by Gasteiger charge is -2.09. The summed E-state index contributed by atoms with van der Waals surface area (Å²) in [5.74, 6) is -2.09. The van der Waals surface area contributed by atoms with E-state index in [1.165, 1.54) is 12.1 Å². The number of carbonyl (C=O) groups is 1. The molecule has 2 N–H and O–H groups in total. The van der Waals surface area contributed by atoms with E-state index in [-0.39, 0.29) is 5.56 Å². The Morgan fingerprint density at radius 2 is 2.05 bits per heavy atom. The SMILES string of the molecule is N#Cc1ccccc1CNc1ccc(F)c(C(=O)O)c1. The zero-order valence-corrected chi connectivity index (χ0v) is 10.4. The fourth-order valence-corrected chi connectivity index (χ4v) is 1.78. The van der Waals surface area contributed by atoms with Crippen LogP contribution in [0.25, 0.3) is 0 Å². The maximum absolute atomic E-state index is 13.3. The molecule has 0 radical (unpaired) electrons. The second-order valence-corrected chi connectivity index (χ2v) is 4.12. The Balaban J connectivity index is 2.18. The van der Waals surface area contributed by atoms with E-state index >= 15 is 0 Å². The van der Waals surface area contributed by atoms with E-state index in [9.17, 15) is 9.18 Å². The molecule has 2 aromatic carbocycles. The van der Waals surface area contributed by atoms with Crippen LogP contribution in [0.5, 0.6) is 0 Å². The van der Waals surface area contributed by atoms with Crippen LogP contribution in [0.1, 0.15) is 21.5 Å². The average molecular weight is 270 g/mol. The molecular formula is C15H11FN2O2. The number of carboxylic acid groups (broad SMARTS) is 1. The molecule has 0 saturated carbocycles. The molecule has 0 amide bonds. The van der Waals surface area contributed by atoms with Crippen LogP contribution in [0, 0.1) is 17.1 Å². The molecule has 0 atom stereocenters. The molecule has 2 aromatic rings. The number of halogens is 1. The molecule has 5 heteroatoms. The predicted octanol–water partition coefficient (Wildman–Crippen LogP) is 3.01. The van der Waals surface area contributed by atoms with Crippen molar-refractivity contribution in [1.82, 2.24) is 0 Å². The van der Waals surface area contributed by atoms with Gasteiger partial charge in [-0.2, -0.15) is 5.26 Å². The lowest BCUT2D eigenvalue weighted by Crippen LogP contribution is -2.05. The Labute approximate surface area is 115 Å². The molecule has 0 spiro atoms. The van der Waals surface area contributed by atoms with E-state index in [4.69, 9.17) is 10.4 Å². The second-order valence-electron chi connectivity index (χ2n) is 4.12. The molecule has 0 aliphatic rings. The van der Waals surface area contributed by atoms with Crippen LogP contribution in [0.2, 0.25) is 0 Å². The zero-order valence-electron chi connectivity index (χ0n) is 10.4. The number of anilines is 1. The van der Waals surface area contributed by atoms with Crippen LogP contribution >= 0.6 is 0 Å². The number of nitrogens with zero attached hydrogens (tertiary/aromatic N) is 1. The summed E-state index contributed by atoms with van der Waals surface area (Å²) < 4.78 is 13.3. The molecule has 20 heavy (non-hydrogen) atoms. The standard InChI is InChI=1S/C15H11FN2O2/c16-14-6-5-12(7-13(14)15(19)20)18-9-11-4-2-1-3-10(11)8-17/h1-7,18H,9H2,(H,19,20). The van der Waals surface area contributed by atoms with Gasteiger partial charge in [-0.1, -0.05) is 18.2 Å². The monoisotopic (exact) mass is 270 g/mol. The quantitative estimate of drug-likeness (QED) is 0.895. The number of hydrogen-bond donors (Lipinski definition) is 2. The van der Waals surface area contributed by atoms with Gasteiger partial charge in [0.05, 0.1) is 17.2 Å². The summed E-state index contributed by atoms with van der Waals surface area (Å²) in [6, 6.07) is 12.9. The number of nitrogens with one attached hydrogen (secondary N) is 1. The van der Waals surface area contributed by atoms with E-state index in [2.05, 4.69) is 11.4 Å². The van der Waals surface area contributed by atoms with Crippen molar-refractivity contribution in [2.75, 3.05) is 5.32 Å². The molecule has 4 nitrogen and oxygen atoms in total.